The van der Waals surface area contributed by atoms with E-state index in [2.05, 4.69) is 10.4 Å². The van der Waals surface area contributed by atoms with Gasteiger partial charge in [-0.1, -0.05) is 6.07 Å². The highest BCUT2D eigenvalue weighted by Gasteiger charge is 2.33. The summed E-state index contributed by atoms with van der Waals surface area (Å²) in [4.78, 5) is 27.1. The third-order valence-electron chi connectivity index (χ3n) is 4.49. The van der Waals surface area contributed by atoms with Gasteiger partial charge in [0.1, 0.15) is 17.6 Å². The van der Waals surface area contributed by atoms with E-state index >= 15 is 0 Å². The van der Waals surface area contributed by atoms with Crippen molar-refractivity contribution in [3.63, 3.8) is 0 Å². The van der Waals surface area contributed by atoms with E-state index in [1.807, 2.05) is 0 Å². The van der Waals surface area contributed by atoms with Gasteiger partial charge in [0.15, 0.2) is 0 Å². The number of rotatable bonds is 4. The number of nitrogens with one attached hydrogen (secondary N) is 1. The Hall–Kier alpha value is -3.55. The Morgan fingerprint density at radius 2 is 2.15 bits per heavy atom. The van der Waals surface area contributed by atoms with E-state index in [-0.39, 0.29) is 30.7 Å². The Bertz CT molecular complexity index is 964. The van der Waals surface area contributed by atoms with Crippen molar-refractivity contribution in [3.8, 4) is 5.75 Å². The summed E-state index contributed by atoms with van der Waals surface area (Å²) >= 11 is 0. The molecule has 2 N–H and O–H groups in total. The number of nitrogens with zero attached hydrogens (tertiary/aromatic N) is 3. The largest absolute Gasteiger partial charge is 0.508 e. The van der Waals surface area contributed by atoms with Crippen molar-refractivity contribution in [2.24, 2.45) is 0 Å². The lowest BCUT2D eigenvalue weighted by molar-refractivity contribution is -0.125. The average Bonchev–Trinajstić information content (AvgIpc) is 3.36. The summed E-state index contributed by atoms with van der Waals surface area (Å²) in [6.45, 7) is 0.795. The molecule has 1 atom stereocenters. The summed E-state index contributed by atoms with van der Waals surface area (Å²) in [5, 5.41) is 16.7. The fourth-order valence-electron chi connectivity index (χ4n) is 3.17. The molecule has 3 heterocycles. The summed E-state index contributed by atoms with van der Waals surface area (Å²) in [5.74, 6) is 0.176. The molecule has 3 aromatic rings. The van der Waals surface area contributed by atoms with Crippen LogP contribution in [0.2, 0.25) is 0 Å². The van der Waals surface area contributed by atoms with Gasteiger partial charge in [-0.3, -0.25) is 14.3 Å². The molecule has 4 rings (SSSR count). The van der Waals surface area contributed by atoms with Crippen molar-refractivity contribution in [2.75, 3.05) is 6.54 Å². The maximum atomic E-state index is 12.8. The van der Waals surface area contributed by atoms with Crippen LogP contribution in [0.3, 0.4) is 0 Å². The monoisotopic (exact) mass is 366 g/mol. The minimum atomic E-state index is -0.639. The number of amides is 2. The number of aromatic nitrogens is 2. The molecule has 1 aromatic carbocycles. The van der Waals surface area contributed by atoms with Gasteiger partial charge in [0.2, 0.25) is 5.91 Å². The van der Waals surface area contributed by atoms with Gasteiger partial charge in [-0.25, -0.2) is 0 Å². The first-order chi connectivity index (χ1) is 13.1. The molecule has 0 saturated heterocycles. The maximum absolute atomic E-state index is 12.8. The van der Waals surface area contributed by atoms with E-state index in [1.165, 1.54) is 12.1 Å². The van der Waals surface area contributed by atoms with E-state index in [0.717, 1.165) is 5.69 Å². The van der Waals surface area contributed by atoms with Crippen molar-refractivity contribution in [1.29, 1.82) is 0 Å². The Morgan fingerprint density at radius 1 is 1.26 bits per heavy atom. The molecule has 0 radical (unpaired) electrons. The fraction of sp³-hybridized carbons (Fsp3) is 0.211. The number of carbonyl (C=O) groups is 2. The number of furan rings is 1. The molecule has 1 aliphatic rings. The molecular formula is C19H18N4O4. The molecule has 0 fully saturated rings. The molecule has 138 valence electrons. The van der Waals surface area contributed by atoms with Crippen LogP contribution in [-0.2, 0) is 17.9 Å². The van der Waals surface area contributed by atoms with Crippen molar-refractivity contribution in [3.05, 3.63) is 71.9 Å². The van der Waals surface area contributed by atoms with E-state index in [0.29, 0.717) is 17.9 Å². The number of hydrogen-bond acceptors (Lipinski definition) is 5. The lowest BCUT2D eigenvalue weighted by Crippen LogP contribution is -2.47. The molecule has 1 unspecified atom stereocenters. The van der Waals surface area contributed by atoms with Crippen molar-refractivity contribution >= 4 is 11.8 Å². The molecule has 2 aromatic heterocycles. The fourth-order valence-corrected chi connectivity index (χ4v) is 3.17. The third-order valence-corrected chi connectivity index (χ3v) is 4.49. The number of hydrogen-bond donors (Lipinski definition) is 2. The first-order valence-corrected chi connectivity index (χ1v) is 8.52. The molecular weight excluding hydrogens is 348 g/mol. The molecule has 0 bridgehead atoms. The van der Waals surface area contributed by atoms with E-state index in [1.54, 1.807) is 52.4 Å². The van der Waals surface area contributed by atoms with Crippen LogP contribution in [0.1, 0.15) is 27.9 Å². The highest BCUT2D eigenvalue weighted by atomic mass is 16.3. The summed E-state index contributed by atoms with van der Waals surface area (Å²) in [6, 6.07) is 10.9. The Kier molecular flexibility index (Phi) is 4.37. The summed E-state index contributed by atoms with van der Waals surface area (Å²) in [5.41, 5.74) is 1.14. The van der Waals surface area contributed by atoms with E-state index in [9.17, 15) is 14.7 Å². The Balaban J connectivity index is 1.53. The van der Waals surface area contributed by atoms with Crippen LogP contribution in [0.25, 0.3) is 0 Å². The van der Waals surface area contributed by atoms with Crippen LogP contribution < -0.4 is 5.32 Å². The number of benzene rings is 1. The standard InChI is InChI=1S/C19H18N4O4/c24-15-4-1-3-13(9-15)19(26)22-11-14-6-7-21-23(14)17(12-22)18(25)20-10-16-5-2-8-27-16/h1-9,17,24H,10-12H2,(H,20,25). The van der Waals surface area contributed by atoms with Gasteiger partial charge in [0, 0.05) is 11.8 Å². The Labute approximate surface area is 155 Å². The van der Waals surface area contributed by atoms with Gasteiger partial charge >= 0.3 is 0 Å². The van der Waals surface area contributed by atoms with Crippen LogP contribution >= 0.6 is 0 Å². The molecule has 1 aliphatic heterocycles. The lowest BCUT2D eigenvalue weighted by Gasteiger charge is -2.33. The van der Waals surface area contributed by atoms with Gasteiger partial charge in [0.05, 0.1) is 31.6 Å². The molecule has 2 amide bonds. The number of phenolic OH excluding ortho intramolecular Hbond substituents is 1. The molecule has 0 spiro atoms. The number of aromatic hydroxyl groups is 1. The van der Waals surface area contributed by atoms with Crippen molar-refractivity contribution in [1.82, 2.24) is 20.0 Å². The van der Waals surface area contributed by atoms with Crippen LogP contribution in [0.4, 0.5) is 0 Å². The lowest BCUT2D eigenvalue weighted by atomic mass is 10.1. The summed E-state index contributed by atoms with van der Waals surface area (Å²) in [6.07, 6.45) is 3.16. The molecule has 0 saturated carbocycles. The van der Waals surface area contributed by atoms with Gasteiger partial charge in [-0.05, 0) is 36.4 Å². The predicted molar refractivity (Wildman–Crippen MR) is 94.7 cm³/mol. The topological polar surface area (TPSA) is 101 Å². The van der Waals surface area contributed by atoms with Crippen LogP contribution in [-0.4, -0.2) is 38.1 Å². The summed E-state index contributed by atoms with van der Waals surface area (Å²) in [7, 11) is 0. The third kappa shape index (κ3) is 3.41. The minimum absolute atomic E-state index is 0.0237. The van der Waals surface area contributed by atoms with Gasteiger partial charge in [-0.2, -0.15) is 5.10 Å². The van der Waals surface area contributed by atoms with E-state index in [4.69, 9.17) is 4.42 Å². The molecule has 8 nitrogen and oxygen atoms in total. The highest BCUT2D eigenvalue weighted by molar-refractivity contribution is 5.95. The second-order valence-electron chi connectivity index (χ2n) is 6.32. The smallest absolute Gasteiger partial charge is 0.254 e. The van der Waals surface area contributed by atoms with Gasteiger partial charge < -0.3 is 19.7 Å². The quantitative estimate of drug-likeness (QED) is 0.732. The SMILES string of the molecule is O=C(NCc1ccco1)C1CN(C(=O)c2cccc(O)c2)Cc2ccnn21. The maximum Gasteiger partial charge on any atom is 0.254 e. The molecule has 27 heavy (non-hydrogen) atoms. The predicted octanol–water partition coefficient (Wildman–Crippen LogP) is 1.70. The van der Waals surface area contributed by atoms with Crippen molar-refractivity contribution in [2.45, 2.75) is 19.1 Å². The number of fused-ring (bicyclic) bond motifs is 1. The zero-order valence-corrected chi connectivity index (χ0v) is 14.4. The second-order valence-corrected chi connectivity index (χ2v) is 6.32. The van der Waals surface area contributed by atoms with E-state index < -0.39 is 6.04 Å². The first kappa shape index (κ1) is 16.9. The number of phenols is 1. The highest BCUT2D eigenvalue weighted by Crippen LogP contribution is 2.23. The molecule has 0 aliphatic carbocycles. The number of carbonyl (C=O) groups excluding carboxylic acids is 2. The Morgan fingerprint density at radius 3 is 2.93 bits per heavy atom. The van der Waals surface area contributed by atoms with Crippen LogP contribution in [0.15, 0.2) is 59.3 Å². The van der Waals surface area contributed by atoms with Gasteiger partial charge in [0.25, 0.3) is 5.91 Å². The zero-order chi connectivity index (χ0) is 18.8. The molecule has 8 heteroatoms. The van der Waals surface area contributed by atoms with Crippen LogP contribution in [0.5, 0.6) is 5.75 Å². The van der Waals surface area contributed by atoms with Crippen LogP contribution in [0, 0.1) is 0 Å². The van der Waals surface area contributed by atoms with Crippen molar-refractivity contribution < 1.29 is 19.1 Å². The normalized spacial score (nSPS) is 16.0. The first-order valence-electron chi connectivity index (χ1n) is 8.52. The second kappa shape index (κ2) is 6.99. The summed E-state index contributed by atoms with van der Waals surface area (Å²) < 4.78 is 6.87. The average molecular weight is 366 g/mol. The minimum Gasteiger partial charge on any atom is -0.508 e. The van der Waals surface area contributed by atoms with Gasteiger partial charge in [-0.15, -0.1) is 0 Å². The zero-order valence-electron chi connectivity index (χ0n) is 14.4.